The molecule has 9 heteroatoms. The summed E-state index contributed by atoms with van der Waals surface area (Å²) in [4.78, 5) is 12.0. The average Bonchev–Trinajstić information content (AvgIpc) is 2.53. The summed E-state index contributed by atoms with van der Waals surface area (Å²) < 4.78 is 36.7. The topological polar surface area (TPSA) is 93.7 Å². The molecule has 0 heterocycles. The van der Waals surface area contributed by atoms with E-state index in [1.54, 1.807) is 24.3 Å². The summed E-state index contributed by atoms with van der Waals surface area (Å²) >= 11 is 2.18. The molecule has 2 rings (SSSR count). The molecule has 0 fully saturated rings. The van der Waals surface area contributed by atoms with E-state index in [-0.39, 0.29) is 18.2 Å². The molecule has 0 aliphatic heterocycles. The predicted octanol–water partition coefficient (Wildman–Crippen LogP) is 2.69. The number of ether oxygens (including phenoxy) is 2. The van der Waals surface area contributed by atoms with Crippen molar-refractivity contribution in [2.45, 2.75) is 0 Å². The number of hydrogen-bond acceptors (Lipinski definition) is 5. The summed E-state index contributed by atoms with van der Waals surface area (Å²) in [5.74, 6) is 0.567. The highest BCUT2D eigenvalue weighted by molar-refractivity contribution is 14.1. The van der Waals surface area contributed by atoms with Gasteiger partial charge in [0.25, 0.3) is 5.91 Å². The van der Waals surface area contributed by atoms with Crippen molar-refractivity contribution in [1.82, 2.24) is 0 Å². The van der Waals surface area contributed by atoms with E-state index in [4.69, 9.17) is 9.47 Å². The van der Waals surface area contributed by atoms with Crippen LogP contribution in [0.1, 0.15) is 0 Å². The van der Waals surface area contributed by atoms with Gasteiger partial charge in [-0.1, -0.05) is 0 Å². The number of amides is 1. The van der Waals surface area contributed by atoms with E-state index in [1.165, 1.54) is 13.2 Å². The van der Waals surface area contributed by atoms with Crippen molar-refractivity contribution in [3.63, 3.8) is 0 Å². The van der Waals surface area contributed by atoms with E-state index >= 15 is 0 Å². The van der Waals surface area contributed by atoms with Gasteiger partial charge in [-0.25, -0.2) is 8.42 Å². The van der Waals surface area contributed by atoms with Crippen LogP contribution in [0.4, 0.5) is 11.4 Å². The van der Waals surface area contributed by atoms with E-state index in [9.17, 15) is 13.2 Å². The van der Waals surface area contributed by atoms with Gasteiger partial charge in [0.15, 0.2) is 6.61 Å². The number of carbonyl (C=O) groups excluding carboxylic acids is 1. The van der Waals surface area contributed by atoms with Gasteiger partial charge in [0.05, 0.1) is 19.1 Å². The number of anilines is 2. The summed E-state index contributed by atoms with van der Waals surface area (Å²) in [6.07, 6.45) is 1.03. The molecule has 0 aliphatic rings. The van der Waals surface area contributed by atoms with E-state index in [1.807, 2.05) is 12.1 Å². The number of methoxy groups -OCH3 is 1. The maximum atomic E-state index is 12.0. The van der Waals surface area contributed by atoms with Crippen molar-refractivity contribution in [3.05, 3.63) is 46.0 Å². The molecule has 0 aliphatic carbocycles. The Hall–Kier alpha value is -2.01. The van der Waals surface area contributed by atoms with Crippen molar-refractivity contribution in [2.75, 3.05) is 30.0 Å². The smallest absolute Gasteiger partial charge is 0.262 e. The Balaban J connectivity index is 2.02. The van der Waals surface area contributed by atoms with Crippen LogP contribution in [-0.2, 0) is 14.8 Å². The lowest BCUT2D eigenvalue weighted by Crippen LogP contribution is -2.20. The third-order valence-corrected chi connectivity index (χ3v) is 4.27. The number of rotatable bonds is 7. The second-order valence-corrected chi connectivity index (χ2v) is 8.07. The number of carbonyl (C=O) groups is 1. The van der Waals surface area contributed by atoms with Gasteiger partial charge in [-0.2, -0.15) is 0 Å². The molecule has 0 radical (unpaired) electrons. The minimum atomic E-state index is -3.47. The largest absolute Gasteiger partial charge is 0.495 e. The fraction of sp³-hybridized carbons (Fsp3) is 0.188. The maximum absolute atomic E-state index is 12.0. The molecule has 0 spiro atoms. The molecule has 25 heavy (non-hydrogen) atoms. The summed E-state index contributed by atoms with van der Waals surface area (Å²) in [6, 6.07) is 11.9. The third kappa shape index (κ3) is 6.42. The second kappa shape index (κ2) is 8.39. The van der Waals surface area contributed by atoms with E-state index in [0.29, 0.717) is 17.2 Å². The Labute approximate surface area is 159 Å². The zero-order valence-corrected chi connectivity index (χ0v) is 16.6. The van der Waals surface area contributed by atoms with Crippen LogP contribution in [0, 0.1) is 3.57 Å². The van der Waals surface area contributed by atoms with Crippen LogP contribution in [0.3, 0.4) is 0 Å². The number of hydrogen-bond donors (Lipinski definition) is 2. The molecule has 0 saturated carbocycles. The van der Waals surface area contributed by atoms with Gasteiger partial charge >= 0.3 is 0 Å². The van der Waals surface area contributed by atoms with Crippen LogP contribution in [0.2, 0.25) is 0 Å². The molecule has 0 unspecified atom stereocenters. The molecule has 0 bridgehead atoms. The molecule has 0 atom stereocenters. The SMILES string of the molecule is COc1ccc(NC(=O)COc2ccc(I)cc2)cc1NS(C)(=O)=O. The van der Waals surface area contributed by atoms with Crippen LogP contribution in [0.25, 0.3) is 0 Å². The Morgan fingerprint density at radius 1 is 1.16 bits per heavy atom. The maximum Gasteiger partial charge on any atom is 0.262 e. The lowest BCUT2D eigenvalue weighted by Gasteiger charge is -2.12. The number of nitrogens with one attached hydrogen (secondary N) is 2. The third-order valence-electron chi connectivity index (χ3n) is 2.96. The van der Waals surface area contributed by atoms with E-state index in [2.05, 4.69) is 32.6 Å². The molecule has 134 valence electrons. The van der Waals surface area contributed by atoms with Crippen molar-refractivity contribution in [2.24, 2.45) is 0 Å². The van der Waals surface area contributed by atoms with Crippen molar-refractivity contribution >= 4 is 49.9 Å². The summed E-state index contributed by atoms with van der Waals surface area (Å²) in [5.41, 5.74) is 0.657. The Kier molecular flexibility index (Phi) is 6.48. The molecule has 0 aromatic heterocycles. The predicted molar refractivity (Wildman–Crippen MR) is 105 cm³/mol. The van der Waals surface area contributed by atoms with Crippen LogP contribution < -0.4 is 19.5 Å². The zero-order chi connectivity index (χ0) is 18.4. The van der Waals surface area contributed by atoms with Gasteiger partial charge in [0.1, 0.15) is 11.5 Å². The molecular formula is C16H17IN2O5S. The lowest BCUT2D eigenvalue weighted by molar-refractivity contribution is -0.118. The fourth-order valence-electron chi connectivity index (χ4n) is 1.94. The average molecular weight is 476 g/mol. The first-order valence-electron chi connectivity index (χ1n) is 7.11. The molecule has 1 amide bonds. The van der Waals surface area contributed by atoms with Crippen LogP contribution in [0.5, 0.6) is 11.5 Å². The van der Waals surface area contributed by atoms with Gasteiger partial charge in [-0.15, -0.1) is 0 Å². The van der Waals surface area contributed by atoms with Gasteiger partial charge in [0, 0.05) is 9.26 Å². The molecule has 7 nitrogen and oxygen atoms in total. The summed E-state index contributed by atoms with van der Waals surface area (Å²) in [5, 5.41) is 2.65. The summed E-state index contributed by atoms with van der Waals surface area (Å²) in [6.45, 7) is -0.165. The molecule has 0 saturated heterocycles. The van der Waals surface area contributed by atoms with Crippen LogP contribution in [-0.4, -0.2) is 34.3 Å². The Morgan fingerprint density at radius 2 is 1.84 bits per heavy atom. The first-order chi connectivity index (χ1) is 11.8. The van der Waals surface area contributed by atoms with E-state index in [0.717, 1.165) is 9.83 Å². The standard InChI is InChI=1S/C16H17IN2O5S/c1-23-15-8-5-12(9-14(15)19-25(2,21)22)18-16(20)10-24-13-6-3-11(17)4-7-13/h3-9,19H,10H2,1-2H3,(H,18,20). The fourth-order valence-corrected chi connectivity index (χ4v) is 2.86. The van der Waals surface area contributed by atoms with Crippen LogP contribution >= 0.6 is 22.6 Å². The van der Waals surface area contributed by atoms with Gasteiger partial charge < -0.3 is 14.8 Å². The number of halogens is 1. The number of sulfonamides is 1. The normalized spacial score (nSPS) is 10.8. The molecule has 2 aromatic rings. The van der Waals surface area contributed by atoms with E-state index < -0.39 is 10.0 Å². The highest BCUT2D eigenvalue weighted by Crippen LogP contribution is 2.28. The summed E-state index contributed by atoms with van der Waals surface area (Å²) in [7, 11) is -2.05. The Bertz CT molecular complexity index is 853. The molecule has 2 N–H and O–H groups in total. The quantitative estimate of drug-likeness (QED) is 0.600. The zero-order valence-electron chi connectivity index (χ0n) is 13.6. The van der Waals surface area contributed by atoms with Gasteiger partial charge in [-0.05, 0) is 65.1 Å². The highest BCUT2D eigenvalue weighted by Gasteiger charge is 2.11. The Morgan fingerprint density at radius 3 is 2.44 bits per heavy atom. The lowest BCUT2D eigenvalue weighted by atomic mass is 10.2. The monoisotopic (exact) mass is 476 g/mol. The van der Waals surface area contributed by atoms with Gasteiger partial charge in [0.2, 0.25) is 10.0 Å². The van der Waals surface area contributed by atoms with Crippen molar-refractivity contribution in [1.29, 1.82) is 0 Å². The second-order valence-electron chi connectivity index (χ2n) is 5.08. The first-order valence-corrected chi connectivity index (χ1v) is 10.1. The molecular weight excluding hydrogens is 459 g/mol. The number of benzene rings is 2. The molecule has 2 aromatic carbocycles. The highest BCUT2D eigenvalue weighted by atomic mass is 127. The first kappa shape index (κ1) is 19.3. The van der Waals surface area contributed by atoms with Gasteiger partial charge in [-0.3, -0.25) is 9.52 Å². The van der Waals surface area contributed by atoms with Crippen molar-refractivity contribution < 1.29 is 22.7 Å². The van der Waals surface area contributed by atoms with Crippen molar-refractivity contribution in [3.8, 4) is 11.5 Å². The minimum absolute atomic E-state index is 0.165. The van der Waals surface area contributed by atoms with Crippen LogP contribution in [0.15, 0.2) is 42.5 Å². The minimum Gasteiger partial charge on any atom is -0.495 e.